The van der Waals surface area contributed by atoms with Gasteiger partial charge in [-0.25, -0.2) is 4.79 Å². The minimum atomic E-state index is -1.12. The number of nitrogens with one attached hydrogen (secondary N) is 2. The molecule has 0 saturated heterocycles. The lowest BCUT2D eigenvalue weighted by Crippen LogP contribution is -2.38. The standard InChI is InChI=1S/C13H17N2O4/c1-13(2,3)19-12(18)15-10(11(14)17)8-4-6-9(16)7-5-8/h4-7,10,14,16H,1-3H3,(H,15,18). The highest BCUT2D eigenvalue weighted by Gasteiger charge is 2.24. The van der Waals surface area contributed by atoms with Gasteiger partial charge in [0.1, 0.15) is 17.4 Å². The number of ether oxygens (including phenoxy) is 1. The molecule has 0 aliphatic carbocycles. The fraction of sp³-hybridized carbons (Fsp3) is 0.385. The molecular formula is C13H17N2O4. The molecule has 0 aromatic heterocycles. The Morgan fingerprint density at radius 3 is 2.21 bits per heavy atom. The van der Waals surface area contributed by atoms with Gasteiger partial charge in [0.2, 0.25) is 0 Å². The Bertz CT molecular complexity index is 463. The molecule has 0 spiro atoms. The molecule has 0 heterocycles. The molecular weight excluding hydrogens is 248 g/mol. The monoisotopic (exact) mass is 265 g/mol. The first kappa shape index (κ1) is 14.8. The fourth-order valence-corrected chi connectivity index (χ4v) is 1.39. The maximum atomic E-state index is 11.6. The third kappa shape index (κ3) is 4.87. The van der Waals surface area contributed by atoms with Crippen LogP contribution in [0.2, 0.25) is 0 Å². The van der Waals surface area contributed by atoms with Crippen molar-refractivity contribution in [1.29, 1.82) is 0 Å². The van der Waals surface area contributed by atoms with Crippen molar-refractivity contribution in [1.82, 2.24) is 11.1 Å². The molecule has 0 bridgehead atoms. The molecule has 1 radical (unpaired) electrons. The highest BCUT2D eigenvalue weighted by atomic mass is 16.6. The lowest BCUT2D eigenvalue weighted by molar-refractivity contribution is -0.120. The van der Waals surface area contributed by atoms with Crippen LogP contribution in [0.4, 0.5) is 4.79 Å². The van der Waals surface area contributed by atoms with Crippen LogP contribution in [0.25, 0.3) is 0 Å². The van der Waals surface area contributed by atoms with E-state index in [4.69, 9.17) is 15.6 Å². The number of carbonyl (C=O) groups is 2. The van der Waals surface area contributed by atoms with Crippen LogP contribution in [0.3, 0.4) is 0 Å². The fourth-order valence-electron chi connectivity index (χ4n) is 1.39. The zero-order valence-electron chi connectivity index (χ0n) is 11.1. The van der Waals surface area contributed by atoms with Crippen molar-refractivity contribution in [2.45, 2.75) is 32.4 Å². The van der Waals surface area contributed by atoms with E-state index in [1.165, 1.54) is 24.3 Å². The number of alkyl carbamates (subject to hydrolysis) is 1. The minimum Gasteiger partial charge on any atom is -0.508 e. The summed E-state index contributed by atoms with van der Waals surface area (Å²) in [5.74, 6) is -0.922. The number of rotatable bonds is 3. The molecule has 1 unspecified atom stereocenters. The van der Waals surface area contributed by atoms with Gasteiger partial charge in [-0.3, -0.25) is 10.5 Å². The molecule has 0 fully saturated rings. The topological polar surface area (TPSA) is 99.4 Å². The summed E-state index contributed by atoms with van der Waals surface area (Å²) in [7, 11) is 0. The summed E-state index contributed by atoms with van der Waals surface area (Å²) >= 11 is 0. The van der Waals surface area contributed by atoms with Crippen LogP contribution in [0.15, 0.2) is 24.3 Å². The van der Waals surface area contributed by atoms with Crippen LogP contribution >= 0.6 is 0 Å². The average molecular weight is 265 g/mol. The van der Waals surface area contributed by atoms with Crippen molar-refractivity contribution in [3.05, 3.63) is 29.8 Å². The van der Waals surface area contributed by atoms with Gasteiger partial charge in [-0.1, -0.05) is 12.1 Å². The molecule has 19 heavy (non-hydrogen) atoms. The molecule has 1 rings (SSSR count). The molecule has 103 valence electrons. The second-order valence-electron chi connectivity index (χ2n) is 5.04. The molecule has 1 aromatic carbocycles. The van der Waals surface area contributed by atoms with Gasteiger partial charge in [0, 0.05) is 0 Å². The number of phenols is 1. The summed E-state index contributed by atoms with van der Waals surface area (Å²) in [5, 5.41) is 11.5. The first-order chi connectivity index (χ1) is 8.69. The summed E-state index contributed by atoms with van der Waals surface area (Å²) in [4.78, 5) is 22.9. The maximum absolute atomic E-state index is 11.6. The number of carbonyl (C=O) groups excluding carboxylic acids is 2. The molecule has 2 amide bonds. The van der Waals surface area contributed by atoms with Gasteiger partial charge in [0.25, 0.3) is 5.91 Å². The Hall–Kier alpha value is -2.24. The van der Waals surface area contributed by atoms with Crippen LogP contribution in [0.5, 0.6) is 5.75 Å². The third-order valence-corrected chi connectivity index (χ3v) is 2.15. The van der Waals surface area contributed by atoms with E-state index in [0.29, 0.717) is 5.56 Å². The Balaban J connectivity index is 2.82. The van der Waals surface area contributed by atoms with Gasteiger partial charge in [-0.05, 0) is 38.5 Å². The molecule has 6 nitrogen and oxygen atoms in total. The van der Waals surface area contributed by atoms with Crippen molar-refractivity contribution in [2.75, 3.05) is 0 Å². The Morgan fingerprint density at radius 2 is 1.79 bits per heavy atom. The SMILES string of the molecule is CC(C)(C)OC(=O)NC(C([NH])=O)c1ccc(O)cc1. The quantitative estimate of drug-likeness (QED) is 0.869. The largest absolute Gasteiger partial charge is 0.508 e. The molecule has 1 aromatic rings. The molecule has 1 atom stereocenters. The minimum absolute atomic E-state index is 0.0391. The summed E-state index contributed by atoms with van der Waals surface area (Å²) in [6.07, 6.45) is -0.772. The summed E-state index contributed by atoms with van der Waals surface area (Å²) < 4.78 is 5.03. The van der Waals surface area contributed by atoms with Crippen molar-refractivity contribution in [3.8, 4) is 5.75 Å². The number of hydrogen-bond acceptors (Lipinski definition) is 4. The van der Waals surface area contributed by atoms with E-state index < -0.39 is 23.6 Å². The smallest absolute Gasteiger partial charge is 0.408 e. The first-order valence-corrected chi connectivity index (χ1v) is 5.73. The van der Waals surface area contributed by atoms with Crippen LogP contribution in [-0.2, 0) is 9.53 Å². The zero-order chi connectivity index (χ0) is 14.6. The van der Waals surface area contributed by atoms with Crippen LogP contribution in [0, 0.1) is 0 Å². The summed E-state index contributed by atoms with van der Waals surface area (Å²) in [5.41, 5.74) is 6.90. The van der Waals surface area contributed by atoms with Crippen molar-refractivity contribution < 1.29 is 19.4 Å². The zero-order valence-corrected chi connectivity index (χ0v) is 11.1. The first-order valence-electron chi connectivity index (χ1n) is 5.73. The molecule has 0 aliphatic heterocycles. The Morgan fingerprint density at radius 1 is 1.26 bits per heavy atom. The normalized spacial score (nSPS) is 12.6. The van der Waals surface area contributed by atoms with Gasteiger partial charge < -0.3 is 15.2 Å². The van der Waals surface area contributed by atoms with Crippen LogP contribution in [-0.4, -0.2) is 22.7 Å². The van der Waals surface area contributed by atoms with Crippen LogP contribution < -0.4 is 11.1 Å². The van der Waals surface area contributed by atoms with Gasteiger partial charge in [-0.2, -0.15) is 0 Å². The van der Waals surface area contributed by atoms with Gasteiger partial charge in [0.05, 0.1) is 0 Å². The lowest BCUT2D eigenvalue weighted by Gasteiger charge is -2.22. The summed E-state index contributed by atoms with van der Waals surface area (Å²) in [6.45, 7) is 5.10. The Kier molecular flexibility index (Phi) is 4.37. The molecule has 0 saturated carbocycles. The predicted molar refractivity (Wildman–Crippen MR) is 68.3 cm³/mol. The molecule has 0 aliphatic rings. The average Bonchev–Trinajstić information content (AvgIpc) is 2.24. The molecule has 3 N–H and O–H groups in total. The Labute approximate surface area is 111 Å². The maximum Gasteiger partial charge on any atom is 0.408 e. The van der Waals surface area contributed by atoms with E-state index in [-0.39, 0.29) is 5.75 Å². The van der Waals surface area contributed by atoms with Gasteiger partial charge in [0.15, 0.2) is 0 Å². The second-order valence-corrected chi connectivity index (χ2v) is 5.04. The summed E-state index contributed by atoms with van der Waals surface area (Å²) in [6, 6.07) is 4.56. The van der Waals surface area contributed by atoms with Crippen molar-refractivity contribution in [2.24, 2.45) is 0 Å². The van der Waals surface area contributed by atoms with E-state index in [9.17, 15) is 9.59 Å². The van der Waals surface area contributed by atoms with Gasteiger partial charge >= 0.3 is 6.09 Å². The van der Waals surface area contributed by atoms with E-state index in [1.807, 2.05) is 0 Å². The van der Waals surface area contributed by atoms with Crippen molar-refractivity contribution in [3.63, 3.8) is 0 Å². The number of amides is 2. The molecule has 6 heteroatoms. The number of aromatic hydroxyl groups is 1. The van der Waals surface area contributed by atoms with Crippen molar-refractivity contribution >= 4 is 12.0 Å². The van der Waals surface area contributed by atoms with E-state index in [1.54, 1.807) is 20.8 Å². The third-order valence-electron chi connectivity index (χ3n) is 2.15. The van der Waals surface area contributed by atoms with E-state index in [2.05, 4.69) is 5.32 Å². The highest BCUT2D eigenvalue weighted by molar-refractivity contribution is 5.85. The van der Waals surface area contributed by atoms with E-state index >= 15 is 0 Å². The second kappa shape index (κ2) is 5.60. The van der Waals surface area contributed by atoms with Crippen LogP contribution in [0.1, 0.15) is 32.4 Å². The number of benzene rings is 1. The highest BCUT2D eigenvalue weighted by Crippen LogP contribution is 2.18. The number of phenolic OH excluding ortho intramolecular Hbond substituents is 1. The lowest BCUT2D eigenvalue weighted by atomic mass is 10.1. The van der Waals surface area contributed by atoms with Gasteiger partial charge in [-0.15, -0.1) is 0 Å². The van der Waals surface area contributed by atoms with E-state index in [0.717, 1.165) is 0 Å². The predicted octanol–water partition coefficient (Wildman–Crippen LogP) is 1.77. The number of hydrogen-bond donors (Lipinski definition) is 2.